The molecule has 1 amide bonds. The van der Waals surface area contributed by atoms with E-state index < -0.39 is 6.10 Å². The highest BCUT2D eigenvalue weighted by Crippen LogP contribution is 2.25. The minimum Gasteiger partial charge on any atom is -0.463 e. The summed E-state index contributed by atoms with van der Waals surface area (Å²) >= 11 is 3.41. The summed E-state index contributed by atoms with van der Waals surface area (Å²) in [5.74, 6) is 0.542. The third kappa shape index (κ3) is 4.24. The van der Waals surface area contributed by atoms with Crippen molar-refractivity contribution in [2.24, 2.45) is 0 Å². The molecule has 1 N–H and O–H groups in total. The third-order valence-corrected chi connectivity index (χ3v) is 4.02. The average molecular weight is 401 g/mol. The number of carbonyl (C=O) groups excluding carboxylic acids is 1. The molecule has 3 rings (SSSR count). The van der Waals surface area contributed by atoms with Crippen LogP contribution < -0.4 is 10.1 Å². The lowest BCUT2D eigenvalue weighted by atomic mass is 10.3. The van der Waals surface area contributed by atoms with E-state index in [1.165, 1.54) is 0 Å². The number of anilines is 1. The van der Waals surface area contributed by atoms with Crippen LogP contribution in [0, 0.1) is 6.92 Å². The van der Waals surface area contributed by atoms with Crippen molar-refractivity contribution in [3.8, 4) is 11.6 Å². The number of amides is 1. The van der Waals surface area contributed by atoms with Crippen LogP contribution in [0.25, 0.3) is 5.69 Å². The minimum atomic E-state index is -0.724. The molecule has 7 heteroatoms. The molecule has 0 spiro atoms. The van der Waals surface area contributed by atoms with Gasteiger partial charge in [0.2, 0.25) is 5.88 Å². The third-order valence-electron chi connectivity index (χ3n) is 3.48. The standard InChI is InChI=1S/C18H17BrN4O2/c1-12-8-9-16(20-10-12)21-17(24)13(2)25-18-15(19)11-23(22-18)14-6-4-3-5-7-14/h3-11,13H,1-2H3,(H,20,21,24)/t13-/m0/s1. The van der Waals surface area contributed by atoms with E-state index >= 15 is 0 Å². The van der Waals surface area contributed by atoms with Gasteiger partial charge in [0.25, 0.3) is 5.91 Å². The van der Waals surface area contributed by atoms with E-state index in [-0.39, 0.29) is 5.91 Å². The molecule has 2 aromatic heterocycles. The van der Waals surface area contributed by atoms with Gasteiger partial charge in [-0.25, -0.2) is 9.67 Å². The van der Waals surface area contributed by atoms with E-state index in [1.807, 2.05) is 43.3 Å². The fraction of sp³-hybridized carbons (Fsp3) is 0.167. The quantitative estimate of drug-likeness (QED) is 0.707. The maximum Gasteiger partial charge on any atom is 0.266 e. The number of aryl methyl sites for hydroxylation is 1. The second-order valence-corrected chi connectivity index (χ2v) is 6.39. The van der Waals surface area contributed by atoms with Gasteiger partial charge in [0.1, 0.15) is 5.82 Å². The van der Waals surface area contributed by atoms with Crippen LogP contribution in [-0.4, -0.2) is 26.8 Å². The van der Waals surface area contributed by atoms with Crippen molar-refractivity contribution in [2.75, 3.05) is 5.32 Å². The molecule has 1 atom stereocenters. The van der Waals surface area contributed by atoms with Crippen LogP contribution in [0.4, 0.5) is 5.82 Å². The van der Waals surface area contributed by atoms with Gasteiger partial charge in [-0.05, 0) is 53.5 Å². The molecule has 0 aliphatic heterocycles. The topological polar surface area (TPSA) is 69.0 Å². The van der Waals surface area contributed by atoms with E-state index in [0.29, 0.717) is 16.2 Å². The summed E-state index contributed by atoms with van der Waals surface area (Å²) in [6.45, 7) is 3.60. The van der Waals surface area contributed by atoms with Crippen molar-refractivity contribution >= 4 is 27.7 Å². The summed E-state index contributed by atoms with van der Waals surface area (Å²) in [4.78, 5) is 16.4. The molecule has 1 aromatic carbocycles. The number of nitrogens with one attached hydrogen (secondary N) is 1. The van der Waals surface area contributed by atoms with Crippen LogP contribution in [0.15, 0.2) is 59.3 Å². The molecule has 0 unspecified atom stereocenters. The number of benzene rings is 1. The predicted molar refractivity (Wildman–Crippen MR) is 99.0 cm³/mol. The lowest BCUT2D eigenvalue weighted by molar-refractivity contribution is -0.122. The first-order valence-corrected chi connectivity index (χ1v) is 8.53. The molecule has 0 saturated carbocycles. The van der Waals surface area contributed by atoms with E-state index in [2.05, 4.69) is 31.3 Å². The molecule has 25 heavy (non-hydrogen) atoms. The van der Waals surface area contributed by atoms with E-state index in [1.54, 1.807) is 30.1 Å². The van der Waals surface area contributed by atoms with Gasteiger partial charge < -0.3 is 10.1 Å². The van der Waals surface area contributed by atoms with Crippen molar-refractivity contribution in [3.63, 3.8) is 0 Å². The number of rotatable bonds is 5. The Bertz CT molecular complexity index is 863. The number of carbonyl (C=O) groups is 1. The van der Waals surface area contributed by atoms with Gasteiger partial charge in [-0.2, -0.15) is 0 Å². The number of para-hydroxylation sites is 1. The van der Waals surface area contributed by atoms with E-state index in [9.17, 15) is 4.79 Å². The first-order chi connectivity index (χ1) is 12.0. The molecule has 0 aliphatic rings. The molecular weight excluding hydrogens is 384 g/mol. The predicted octanol–water partition coefficient (Wildman–Crippen LogP) is 3.74. The maximum atomic E-state index is 12.3. The zero-order valence-electron chi connectivity index (χ0n) is 13.8. The Morgan fingerprint density at radius 1 is 1.24 bits per heavy atom. The van der Waals surface area contributed by atoms with E-state index in [4.69, 9.17) is 4.74 Å². The van der Waals surface area contributed by atoms with Crippen molar-refractivity contribution in [1.82, 2.24) is 14.8 Å². The first-order valence-electron chi connectivity index (χ1n) is 7.73. The van der Waals surface area contributed by atoms with Gasteiger partial charge in [-0.15, -0.1) is 5.10 Å². The Kier molecular flexibility index (Phi) is 5.14. The van der Waals surface area contributed by atoms with Crippen LogP contribution >= 0.6 is 15.9 Å². The number of hydrogen-bond donors (Lipinski definition) is 1. The maximum absolute atomic E-state index is 12.3. The molecular formula is C18H17BrN4O2. The second kappa shape index (κ2) is 7.48. The van der Waals surface area contributed by atoms with Crippen molar-refractivity contribution in [3.05, 3.63) is 64.9 Å². The molecule has 0 fully saturated rings. The number of ether oxygens (including phenoxy) is 1. The highest BCUT2D eigenvalue weighted by Gasteiger charge is 2.19. The summed E-state index contributed by atoms with van der Waals surface area (Å²) in [5, 5.41) is 7.10. The Morgan fingerprint density at radius 3 is 2.68 bits per heavy atom. The van der Waals surface area contributed by atoms with Crippen molar-refractivity contribution in [2.45, 2.75) is 20.0 Å². The number of halogens is 1. The van der Waals surface area contributed by atoms with Gasteiger partial charge in [0.05, 0.1) is 10.2 Å². The molecule has 0 radical (unpaired) electrons. The number of nitrogens with zero attached hydrogens (tertiary/aromatic N) is 3. The normalized spacial score (nSPS) is 11.8. The summed E-state index contributed by atoms with van der Waals surface area (Å²) in [7, 11) is 0. The minimum absolute atomic E-state index is 0.294. The lowest BCUT2D eigenvalue weighted by Gasteiger charge is -2.13. The van der Waals surface area contributed by atoms with Gasteiger partial charge in [-0.3, -0.25) is 4.79 Å². The SMILES string of the molecule is Cc1ccc(NC(=O)[C@H](C)Oc2nn(-c3ccccc3)cc2Br)nc1. The zero-order chi connectivity index (χ0) is 17.8. The lowest BCUT2D eigenvalue weighted by Crippen LogP contribution is -2.30. The van der Waals surface area contributed by atoms with Gasteiger partial charge >= 0.3 is 0 Å². The molecule has 0 saturated heterocycles. The van der Waals surface area contributed by atoms with Crippen LogP contribution in [0.5, 0.6) is 5.88 Å². The fourth-order valence-corrected chi connectivity index (χ4v) is 2.49. The summed E-state index contributed by atoms with van der Waals surface area (Å²) in [6.07, 6.45) is 2.76. The number of hydrogen-bond acceptors (Lipinski definition) is 4. The molecule has 2 heterocycles. The molecule has 128 valence electrons. The Balaban J connectivity index is 1.68. The average Bonchev–Trinajstić information content (AvgIpc) is 2.98. The Labute approximate surface area is 154 Å². The van der Waals surface area contributed by atoms with Gasteiger partial charge in [0.15, 0.2) is 6.10 Å². The molecule has 0 aliphatic carbocycles. The second-order valence-electron chi connectivity index (χ2n) is 5.53. The summed E-state index contributed by atoms with van der Waals surface area (Å²) in [5.41, 5.74) is 1.93. The van der Waals surface area contributed by atoms with Crippen LogP contribution in [0.3, 0.4) is 0 Å². The molecule has 3 aromatic rings. The zero-order valence-corrected chi connectivity index (χ0v) is 15.4. The van der Waals surface area contributed by atoms with Crippen LogP contribution in [-0.2, 0) is 4.79 Å². The number of aromatic nitrogens is 3. The highest BCUT2D eigenvalue weighted by atomic mass is 79.9. The Hall–Kier alpha value is -2.67. The smallest absolute Gasteiger partial charge is 0.266 e. The van der Waals surface area contributed by atoms with Crippen LogP contribution in [0.2, 0.25) is 0 Å². The van der Waals surface area contributed by atoms with Gasteiger partial charge in [0, 0.05) is 12.4 Å². The highest BCUT2D eigenvalue weighted by molar-refractivity contribution is 9.10. The first kappa shape index (κ1) is 17.2. The monoisotopic (exact) mass is 400 g/mol. The van der Waals surface area contributed by atoms with Crippen LogP contribution in [0.1, 0.15) is 12.5 Å². The van der Waals surface area contributed by atoms with E-state index in [0.717, 1.165) is 11.3 Å². The molecule has 0 bridgehead atoms. The fourth-order valence-electron chi connectivity index (χ4n) is 2.12. The van der Waals surface area contributed by atoms with Crippen molar-refractivity contribution < 1.29 is 9.53 Å². The largest absolute Gasteiger partial charge is 0.463 e. The molecule has 6 nitrogen and oxygen atoms in total. The summed E-state index contributed by atoms with van der Waals surface area (Å²) in [6, 6.07) is 13.3. The summed E-state index contributed by atoms with van der Waals surface area (Å²) < 4.78 is 8.04. The van der Waals surface area contributed by atoms with Crippen molar-refractivity contribution in [1.29, 1.82) is 0 Å². The Morgan fingerprint density at radius 2 is 2.00 bits per heavy atom. The number of pyridine rings is 1. The van der Waals surface area contributed by atoms with Gasteiger partial charge in [-0.1, -0.05) is 24.3 Å².